The van der Waals surface area contributed by atoms with Crippen LogP contribution in [0.25, 0.3) is 0 Å². The average molecular weight is 370 g/mol. The standard InChI is InChI=1S/C17H27N2O5P/c1-5-23-16(20)15(12-14-10-8-7-9-11-14)19-25(22,24-6-2)17(21)18-13(3)4/h7-11,13,15H,5-6,12H2,1-4H3,(H,18,21)(H,19,22)/t15-,25-/m0/s1. The van der Waals surface area contributed by atoms with E-state index >= 15 is 0 Å². The van der Waals surface area contributed by atoms with Crippen LogP contribution in [0.4, 0.5) is 4.79 Å². The van der Waals surface area contributed by atoms with Gasteiger partial charge in [-0.2, -0.15) is 0 Å². The number of amides is 1. The highest BCUT2D eigenvalue weighted by Crippen LogP contribution is 2.44. The molecule has 0 aliphatic carbocycles. The summed E-state index contributed by atoms with van der Waals surface area (Å²) in [6, 6.07) is 8.05. The Morgan fingerprint density at radius 1 is 1.12 bits per heavy atom. The molecule has 25 heavy (non-hydrogen) atoms. The number of benzene rings is 1. The summed E-state index contributed by atoms with van der Waals surface area (Å²) >= 11 is 0. The van der Waals surface area contributed by atoms with Crippen LogP contribution in [0.2, 0.25) is 0 Å². The van der Waals surface area contributed by atoms with E-state index in [2.05, 4.69) is 10.4 Å². The number of hydrogen-bond acceptors (Lipinski definition) is 5. The summed E-state index contributed by atoms with van der Waals surface area (Å²) in [5, 5.41) is 5.18. The molecule has 140 valence electrons. The Bertz CT molecular complexity index is 606. The van der Waals surface area contributed by atoms with Gasteiger partial charge in [-0.05, 0) is 39.7 Å². The van der Waals surface area contributed by atoms with E-state index in [-0.39, 0.29) is 25.7 Å². The van der Waals surface area contributed by atoms with Crippen molar-refractivity contribution in [2.45, 2.75) is 46.2 Å². The molecule has 0 aliphatic rings. The first-order valence-corrected chi connectivity index (χ1v) is 9.98. The first-order chi connectivity index (χ1) is 11.8. The third kappa shape index (κ3) is 6.98. The van der Waals surface area contributed by atoms with E-state index in [0.29, 0.717) is 0 Å². The monoisotopic (exact) mass is 370 g/mol. The summed E-state index contributed by atoms with van der Waals surface area (Å²) in [6.07, 6.45) is 0.228. The summed E-state index contributed by atoms with van der Waals surface area (Å²) in [6.45, 7) is 7.07. The summed E-state index contributed by atoms with van der Waals surface area (Å²) in [7, 11) is -3.94. The highest BCUT2D eigenvalue weighted by Gasteiger charge is 2.38. The maximum atomic E-state index is 13.0. The predicted octanol–water partition coefficient (Wildman–Crippen LogP) is 3.10. The molecule has 7 nitrogen and oxygen atoms in total. The van der Waals surface area contributed by atoms with Gasteiger partial charge >= 0.3 is 19.1 Å². The molecule has 0 unspecified atom stereocenters. The number of rotatable bonds is 10. The molecular formula is C17H27N2O5P. The number of esters is 1. The Kier molecular flexibility index (Phi) is 8.83. The second-order valence-corrected chi connectivity index (χ2v) is 7.72. The van der Waals surface area contributed by atoms with Crippen molar-refractivity contribution in [1.29, 1.82) is 0 Å². The smallest absolute Gasteiger partial charge is 0.356 e. The molecule has 1 amide bonds. The van der Waals surface area contributed by atoms with Gasteiger partial charge in [-0.1, -0.05) is 30.3 Å². The van der Waals surface area contributed by atoms with E-state index in [4.69, 9.17) is 9.26 Å². The number of hydrogen-bond donors (Lipinski definition) is 2. The minimum atomic E-state index is -3.94. The van der Waals surface area contributed by atoms with Gasteiger partial charge in [0.05, 0.1) is 13.2 Å². The maximum Gasteiger partial charge on any atom is 0.356 e. The third-order valence-corrected chi connectivity index (χ3v) is 5.11. The van der Waals surface area contributed by atoms with Crippen LogP contribution in [0.5, 0.6) is 0 Å². The van der Waals surface area contributed by atoms with Gasteiger partial charge in [0.15, 0.2) is 0 Å². The summed E-state index contributed by atoms with van der Waals surface area (Å²) in [5.74, 6) is -0.580. The highest BCUT2D eigenvalue weighted by molar-refractivity contribution is 7.74. The van der Waals surface area contributed by atoms with E-state index in [1.54, 1.807) is 27.7 Å². The highest BCUT2D eigenvalue weighted by atomic mass is 31.2. The predicted molar refractivity (Wildman–Crippen MR) is 96.6 cm³/mol. The van der Waals surface area contributed by atoms with E-state index < -0.39 is 25.2 Å². The van der Waals surface area contributed by atoms with Gasteiger partial charge in [0.2, 0.25) is 0 Å². The maximum absolute atomic E-state index is 13.0. The van der Waals surface area contributed by atoms with Crippen molar-refractivity contribution < 1.29 is 23.4 Å². The van der Waals surface area contributed by atoms with Crippen molar-refractivity contribution in [2.75, 3.05) is 13.2 Å². The first-order valence-electron chi connectivity index (χ1n) is 8.36. The van der Waals surface area contributed by atoms with Gasteiger partial charge in [0.1, 0.15) is 6.04 Å². The van der Waals surface area contributed by atoms with Gasteiger partial charge in [-0.15, -0.1) is 0 Å². The number of carbonyl (C=O) groups excluding carboxylic acids is 2. The fourth-order valence-corrected chi connectivity index (χ4v) is 3.86. The van der Waals surface area contributed by atoms with Crippen molar-refractivity contribution in [3.05, 3.63) is 35.9 Å². The largest absolute Gasteiger partial charge is 0.465 e. The van der Waals surface area contributed by atoms with Crippen LogP contribution in [-0.2, 0) is 25.0 Å². The lowest BCUT2D eigenvalue weighted by atomic mass is 10.1. The minimum Gasteiger partial charge on any atom is -0.465 e. The second kappa shape index (κ2) is 10.3. The van der Waals surface area contributed by atoms with E-state index in [0.717, 1.165) is 5.56 Å². The van der Waals surface area contributed by atoms with Crippen LogP contribution in [0.3, 0.4) is 0 Å². The van der Waals surface area contributed by atoms with Gasteiger partial charge in [-0.3, -0.25) is 14.2 Å². The van der Waals surface area contributed by atoms with E-state index in [1.165, 1.54) is 0 Å². The minimum absolute atomic E-state index is 0.0661. The normalized spacial score (nSPS) is 14.6. The van der Waals surface area contributed by atoms with Crippen LogP contribution < -0.4 is 10.4 Å². The average Bonchev–Trinajstić information content (AvgIpc) is 2.55. The Labute approximate surface area is 149 Å². The number of carbonyl (C=O) groups is 2. The van der Waals surface area contributed by atoms with Crippen LogP contribution in [0, 0.1) is 0 Å². The molecule has 0 spiro atoms. The van der Waals surface area contributed by atoms with E-state index in [1.807, 2.05) is 30.3 Å². The van der Waals surface area contributed by atoms with Gasteiger partial charge in [0.25, 0.3) is 0 Å². The first kappa shape index (κ1) is 21.4. The molecule has 0 radical (unpaired) electrons. The van der Waals surface area contributed by atoms with Crippen molar-refractivity contribution in [3.8, 4) is 0 Å². The quantitative estimate of drug-likeness (QED) is 0.486. The third-order valence-electron chi connectivity index (χ3n) is 3.17. The zero-order valence-corrected chi connectivity index (χ0v) is 16.0. The van der Waals surface area contributed by atoms with Crippen molar-refractivity contribution in [2.24, 2.45) is 0 Å². The molecule has 0 saturated carbocycles. The molecule has 0 aromatic heterocycles. The molecule has 1 rings (SSSR count). The summed E-state index contributed by atoms with van der Waals surface area (Å²) < 4.78 is 23.3. The zero-order chi connectivity index (χ0) is 18.9. The molecule has 0 aliphatic heterocycles. The Morgan fingerprint density at radius 3 is 2.28 bits per heavy atom. The number of nitrogens with one attached hydrogen (secondary N) is 2. The molecule has 2 N–H and O–H groups in total. The fourth-order valence-electron chi connectivity index (χ4n) is 2.15. The van der Waals surface area contributed by atoms with Gasteiger partial charge in [0, 0.05) is 6.04 Å². The lowest BCUT2D eigenvalue weighted by Crippen LogP contribution is -2.42. The lowest BCUT2D eigenvalue weighted by molar-refractivity contribution is -0.145. The molecule has 0 heterocycles. The molecule has 0 bridgehead atoms. The van der Waals surface area contributed by atoms with Crippen molar-refractivity contribution in [1.82, 2.24) is 10.4 Å². The van der Waals surface area contributed by atoms with Crippen LogP contribution >= 0.6 is 7.52 Å². The Balaban J connectivity index is 3.03. The van der Waals surface area contributed by atoms with Gasteiger partial charge in [-0.25, -0.2) is 5.09 Å². The Hall–Kier alpha value is -1.69. The zero-order valence-electron chi connectivity index (χ0n) is 15.2. The SMILES string of the molecule is CCOC(=O)[C@H](Cc1ccccc1)N[P@@](=O)(OCC)C(=O)NC(C)C. The summed E-state index contributed by atoms with van der Waals surface area (Å²) in [4.78, 5) is 24.6. The van der Waals surface area contributed by atoms with Crippen LogP contribution in [-0.4, -0.2) is 36.9 Å². The van der Waals surface area contributed by atoms with E-state index in [9.17, 15) is 14.2 Å². The Morgan fingerprint density at radius 2 is 1.76 bits per heavy atom. The van der Waals surface area contributed by atoms with Crippen LogP contribution in [0.15, 0.2) is 30.3 Å². The molecule has 0 saturated heterocycles. The molecule has 1 aromatic rings. The van der Waals surface area contributed by atoms with Gasteiger partial charge < -0.3 is 14.6 Å². The van der Waals surface area contributed by atoms with Crippen LogP contribution in [0.1, 0.15) is 33.3 Å². The molecule has 8 heteroatoms. The number of ether oxygens (including phenoxy) is 1. The fraction of sp³-hybridized carbons (Fsp3) is 0.529. The topological polar surface area (TPSA) is 93.7 Å². The molecule has 0 fully saturated rings. The van der Waals surface area contributed by atoms with Crippen molar-refractivity contribution >= 4 is 19.1 Å². The summed E-state index contributed by atoms with van der Waals surface area (Å²) in [5.41, 5.74) is 0.0899. The second-order valence-electron chi connectivity index (χ2n) is 5.70. The molecule has 2 atom stereocenters. The molecular weight excluding hydrogens is 343 g/mol. The lowest BCUT2D eigenvalue weighted by Gasteiger charge is -2.24. The molecule has 1 aromatic carbocycles. The van der Waals surface area contributed by atoms with Crippen molar-refractivity contribution in [3.63, 3.8) is 0 Å².